The van der Waals surface area contributed by atoms with Gasteiger partial charge in [-0.15, -0.1) is 0 Å². The van der Waals surface area contributed by atoms with Crippen molar-refractivity contribution in [3.8, 4) is 0 Å². The molecule has 0 aliphatic carbocycles. The van der Waals surface area contributed by atoms with Crippen molar-refractivity contribution in [3.05, 3.63) is 30.9 Å². The molecule has 6 heteroatoms. The number of anilines is 1. The van der Waals surface area contributed by atoms with Crippen LogP contribution >= 0.6 is 0 Å². The SMILES string of the molecule is NC(=O)C1([CH]C(=O)C2CCN(c3ccncc3)CC2)CCCN1. The minimum atomic E-state index is -0.931. The van der Waals surface area contributed by atoms with Gasteiger partial charge < -0.3 is 16.0 Å². The molecule has 2 fully saturated rings. The summed E-state index contributed by atoms with van der Waals surface area (Å²) in [7, 11) is 0. The van der Waals surface area contributed by atoms with Crippen LogP contribution in [0.4, 0.5) is 5.69 Å². The van der Waals surface area contributed by atoms with Crippen LogP contribution in [-0.2, 0) is 9.59 Å². The number of aromatic nitrogens is 1. The summed E-state index contributed by atoms with van der Waals surface area (Å²) in [5.41, 5.74) is 5.72. The van der Waals surface area contributed by atoms with E-state index in [0.717, 1.165) is 44.6 Å². The van der Waals surface area contributed by atoms with Gasteiger partial charge >= 0.3 is 0 Å². The Kier molecular flexibility index (Phi) is 4.61. The predicted molar refractivity (Wildman–Crippen MR) is 87.6 cm³/mol. The van der Waals surface area contributed by atoms with Crippen molar-refractivity contribution >= 4 is 17.4 Å². The van der Waals surface area contributed by atoms with Crippen molar-refractivity contribution in [2.24, 2.45) is 11.7 Å². The summed E-state index contributed by atoms with van der Waals surface area (Å²) in [5.74, 6) is -0.420. The molecular formula is C17H23N4O2. The summed E-state index contributed by atoms with van der Waals surface area (Å²) in [6, 6.07) is 3.97. The van der Waals surface area contributed by atoms with E-state index in [0.29, 0.717) is 6.42 Å². The van der Waals surface area contributed by atoms with E-state index in [4.69, 9.17) is 5.73 Å². The summed E-state index contributed by atoms with van der Waals surface area (Å²) in [5, 5.41) is 3.11. The second-order valence-corrected chi connectivity index (χ2v) is 6.38. The van der Waals surface area contributed by atoms with Crippen LogP contribution in [0.1, 0.15) is 25.7 Å². The van der Waals surface area contributed by atoms with E-state index in [1.54, 1.807) is 18.8 Å². The lowest BCUT2D eigenvalue weighted by Gasteiger charge is -2.34. The number of piperidine rings is 1. The molecule has 1 amide bonds. The van der Waals surface area contributed by atoms with Gasteiger partial charge in [0.15, 0.2) is 0 Å². The zero-order chi connectivity index (χ0) is 16.3. The number of rotatable bonds is 5. The van der Waals surface area contributed by atoms with Crippen LogP contribution in [0.3, 0.4) is 0 Å². The summed E-state index contributed by atoms with van der Waals surface area (Å²) in [6.07, 6.45) is 8.19. The zero-order valence-corrected chi connectivity index (χ0v) is 13.2. The second kappa shape index (κ2) is 6.66. The highest BCUT2D eigenvalue weighted by Gasteiger charge is 2.43. The van der Waals surface area contributed by atoms with Crippen molar-refractivity contribution in [2.45, 2.75) is 31.2 Å². The molecule has 23 heavy (non-hydrogen) atoms. The third-order valence-corrected chi connectivity index (χ3v) is 4.94. The molecule has 6 nitrogen and oxygen atoms in total. The van der Waals surface area contributed by atoms with E-state index in [9.17, 15) is 9.59 Å². The normalized spacial score (nSPS) is 25.5. The molecule has 3 heterocycles. The molecule has 1 aromatic rings. The van der Waals surface area contributed by atoms with Crippen molar-refractivity contribution in [2.75, 3.05) is 24.5 Å². The van der Waals surface area contributed by atoms with E-state index < -0.39 is 11.4 Å². The van der Waals surface area contributed by atoms with E-state index in [1.165, 1.54) is 0 Å². The van der Waals surface area contributed by atoms with Gasteiger partial charge in [-0.3, -0.25) is 14.6 Å². The minimum Gasteiger partial charge on any atom is -0.371 e. The predicted octanol–water partition coefficient (Wildman–Crippen LogP) is 0.679. The summed E-state index contributed by atoms with van der Waals surface area (Å²) in [6.45, 7) is 2.41. The maximum Gasteiger partial charge on any atom is 0.238 e. The minimum absolute atomic E-state index is 0.0216. The number of amides is 1. The van der Waals surface area contributed by atoms with Gasteiger partial charge in [0.05, 0.1) is 6.42 Å². The Morgan fingerprint density at radius 3 is 2.57 bits per heavy atom. The number of hydrogen-bond donors (Lipinski definition) is 2. The second-order valence-electron chi connectivity index (χ2n) is 6.38. The van der Waals surface area contributed by atoms with Gasteiger partial charge in [0, 0.05) is 37.1 Å². The molecule has 0 aromatic carbocycles. The Bertz CT molecular complexity index is 561. The molecule has 123 valence electrons. The number of carbonyl (C=O) groups excluding carboxylic acids is 2. The highest BCUT2D eigenvalue weighted by atomic mass is 16.2. The molecule has 1 atom stereocenters. The van der Waals surface area contributed by atoms with Crippen LogP contribution in [-0.4, -0.2) is 41.8 Å². The molecule has 0 bridgehead atoms. The van der Waals surface area contributed by atoms with Crippen molar-refractivity contribution in [1.29, 1.82) is 0 Å². The Hall–Kier alpha value is -1.95. The molecule has 0 saturated carbocycles. The smallest absolute Gasteiger partial charge is 0.238 e. The van der Waals surface area contributed by atoms with Gasteiger partial charge in [-0.1, -0.05) is 0 Å². The Labute approximate surface area is 136 Å². The third kappa shape index (κ3) is 3.37. The van der Waals surface area contributed by atoms with Gasteiger partial charge in [0.25, 0.3) is 0 Å². The number of carbonyl (C=O) groups is 2. The van der Waals surface area contributed by atoms with Crippen molar-refractivity contribution < 1.29 is 9.59 Å². The van der Waals surface area contributed by atoms with Crippen LogP contribution < -0.4 is 16.0 Å². The summed E-state index contributed by atoms with van der Waals surface area (Å²) < 4.78 is 0. The van der Waals surface area contributed by atoms with Gasteiger partial charge in [-0.05, 0) is 44.4 Å². The summed E-state index contributed by atoms with van der Waals surface area (Å²) >= 11 is 0. The highest BCUT2D eigenvalue weighted by molar-refractivity contribution is 6.00. The van der Waals surface area contributed by atoms with Gasteiger partial charge in [-0.2, -0.15) is 0 Å². The number of nitrogens with one attached hydrogen (secondary N) is 1. The average Bonchev–Trinajstić information content (AvgIpc) is 3.06. The van der Waals surface area contributed by atoms with Gasteiger partial charge in [-0.25, -0.2) is 0 Å². The first-order valence-corrected chi connectivity index (χ1v) is 8.20. The monoisotopic (exact) mass is 315 g/mol. The third-order valence-electron chi connectivity index (χ3n) is 4.94. The summed E-state index contributed by atoms with van der Waals surface area (Å²) in [4.78, 5) is 30.6. The molecule has 3 rings (SSSR count). The van der Waals surface area contributed by atoms with E-state index in [1.807, 2.05) is 12.1 Å². The molecule has 1 aromatic heterocycles. The van der Waals surface area contributed by atoms with Crippen molar-refractivity contribution in [1.82, 2.24) is 10.3 Å². The fourth-order valence-corrected chi connectivity index (χ4v) is 3.51. The molecule has 1 unspecified atom stereocenters. The van der Waals surface area contributed by atoms with Gasteiger partial charge in [0.2, 0.25) is 5.91 Å². The van der Waals surface area contributed by atoms with Crippen LogP contribution in [0.15, 0.2) is 24.5 Å². The fraction of sp³-hybridized carbons (Fsp3) is 0.529. The molecule has 2 aliphatic rings. The maximum atomic E-state index is 12.6. The standard InChI is InChI=1S/C17H23N4O2/c18-16(23)17(6-1-7-20-17)12-15(22)13-4-10-21(11-5-13)14-2-8-19-9-3-14/h2-3,8-9,12-13,20H,1,4-7,10-11H2,(H2,18,23). The van der Waals surface area contributed by atoms with Crippen molar-refractivity contribution in [3.63, 3.8) is 0 Å². The number of pyridine rings is 1. The number of Topliss-reactive ketones (excluding diaryl/α,β-unsaturated/α-hetero) is 1. The lowest BCUT2D eigenvalue weighted by molar-refractivity contribution is -0.127. The van der Waals surface area contributed by atoms with Crippen LogP contribution in [0, 0.1) is 12.3 Å². The number of nitrogens with zero attached hydrogens (tertiary/aromatic N) is 2. The number of ketones is 1. The van der Waals surface area contributed by atoms with Gasteiger partial charge in [0.1, 0.15) is 11.3 Å². The number of nitrogens with two attached hydrogens (primary N) is 1. The lowest BCUT2D eigenvalue weighted by Crippen LogP contribution is -2.54. The first-order valence-electron chi connectivity index (χ1n) is 8.20. The highest BCUT2D eigenvalue weighted by Crippen LogP contribution is 2.28. The first-order chi connectivity index (χ1) is 11.1. The number of hydrogen-bond acceptors (Lipinski definition) is 5. The van der Waals surface area contributed by atoms with E-state index in [2.05, 4.69) is 15.2 Å². The number of primary amides is 1. The molecule has 3 N–H and O–H groups in total. The zero-order valence-electron chi connectivity index (χ0n) is 13.2. The molecule has 2 aliphatic heterocycles. The molecule has 2 saturated heterocycles. The van der Waals surface area contributed by atoms with Crippen LogP contribution in [0.2, 0.25) is 0 Å². The molecule has 0 spiro atoms. The average molecular weight is 315 g/mol. The van der Waals surface area contributed by atoms with Crippen LogP contribution in [0.5, 0.6) is 0 Å². The maximum absolute atomic E-state index is 12.6. The van der Waals surface area contributed by atoms with E-state index >= 15 is 0 Å². The van der Waals surface area contributed by atoms with Crippen LogP contribution in [0.25, 0.3) is 0 Å². The Morgan fingerprint density at radius 1 is 1.30 bits per heavy atom. The Morgan fingerprint density at radius 2 is 2.00 bits per heavy atom. The molecular weight excluding hydrogens is 292 g/mol. The largest absolute Gasteiger partial charge is 0.371 e. The van der Waals surface area contributed by atoms with E-state index in [-0.39, 0.29) is 11.7 Å². The molecule has 1 radical (unpaired) electrons. The fourth-order valence-electron chi connectivity index (χ4n) is 3.51. The lowest BCUT2D eigenvalue weighted by atomic mass is 9.82. The topological polar surface area (TPSA) is 88.3 Å². The first kappa shape index (κ1) is 15.9. The Balaban J connectivity index is 1.57. The quantitative estimate of drug-likeness (QED) is 0.834.